The average molecular weight is 162 g/mol. The summed E-state index contributed by atoms with van der Waals surface area (Å²) in [5.74, 6) is 0. The third kappa shape index (κ3) is 6.39. The summed E-state index contributed by atoms with van der Waals surface area (Å²) in [4.78, 5) is 2.17. The second kappa shape index (κ2) is 6.01. The van der Waals surface area contributed by atoms with Crippen LogP contribution in [0.5, 0.6) is 0 Å². The zero-order valence-electron chi connectivity index (χ0n) is 6.88. The number of hydrogen-bond donors (Lipinski definition) is 2. The van der Waals surface area contributed by atoms with E-state index in [-0.39, 0.29) is 0 Å². The minimum absolute atomic E-state index is 0.479. The van der Waals surface area contributed by atoms with Crippen LogP contribution in [0.3, 0.4) is 0 Å². The smallest absolute Gasteiger partial charge is 0.00409 e. The first-order chi connectivity index (χ1) is 4.66. The van der Waals surface area contributed by atoms with Crippen LogP contribution in [0, 0.1) is 0 Å². The zero-order valence-corrected chi connectivity index (χ0v) is 7.77. The maximum absolute atomic E-state index is 5.37. The van der Waals surface area contributed by atoms with Gasteiger partial charge >= 0.3 is 0 Å². The van der Waals surface area contributed by atoms with Crippen LogP contribution in [0.1, 0.15) is 12.8 Å². The Morgan fingerprint density at radius 1 is 1.40 bits per heavy atom. The van der Waals surface area contributed by atoms with Gasteiger partial charge < -0.3 is 10.6 Å². The Morgan fingerprint density at radius 2 is 2.00 bits per heavy atom. The van der Waals surface area contributed by atoms with Gasteiger partial charge in [0.25, 0.3) is 0 Å². The summed E-state index contributed by atoms with van der Waals surface area (Å²) >= 11 is 4.38. The Bertz CT molecular complexity index is 76.0. The topological polar surface area (TPSA) is 29.3 Å². The first kappa shape index (κ1) is 10.3. The molecule has 0 rings (SSSR count). The molecule has 62 valence electrons. The second-order valence-electron chi connectivity index (χ2n) is 2.82. The monoisotopic (exact) mass is 162 g/mol. The van der Waals surface area contributed by atoms with Gasteiger partial charge in [0, 0.05) is 5.25 Å². The number of rotatable bonds is 5. The molecule has 1 atom stereocenters. The van der Waals surface area contributed by atoms with Crippen LogP contribution < -0.4 is 5.73 Å². The van der Waals surface area contributed by atoms with Crippen molar-refractivity contribution in [3.63, 3.8) is 0 Å². The van der Waals surface area contributed by atoms with Crippen LogP contribution in [0.2, 0.25) is 0 Å². The molecule has 0 saturated carbocycles. The molecule has 0 aromatic carbocycles. The van der Waals surface area contributed by atoms with Gasteiger partial charge in [0.15, 0.2) is 0 Å². The molecule has 0 heterocycles. The fourth-order valence-corrected chi connectivity index (χ4v) is 1.01. The Labute approximate surface area is 69.2 Å². The van der Waals surface area contributed by atoms with E-state index in [0.717, 1.165) is 25.9 Å². The number of thiol groups is 1. The molecule has 0 radical (unpaired) electrons. The highest BCUT2D eigenvalue weighted by Gasteiger charge is 2.00. The summed E-state index contributed by atoms with van der Waals surface area (Å²) in [6.07, 6.45) is 2.16. The quantitative estimate of drug-likeness (QED) is 0.579. The van der Waals surface area contributed by atoms with Gasteiger partial charge in [-0.25, -0.2) is 0 Å². The van der Waals surface area contributed by atoms with E-state index in [4.69, 9.17) is 5.73 Å². The van der Waals surface area contributed by atoms with E-state index >= 15 is 0 Å². The SMILES string of the molecule is CN(C)CCC(S)CCN. The van der Waals surface area contributed by atoms with Crippen LogP contribution >= 0.6 is 12.6 Å². The van der Waals surface area contributed by atoms with Gasteiger partial charge in [-0.3, -0.25) is 0 Å². The highest BCUT2D eigenvalue weighted by atomic mass is 32.1. The predicted octanol–water partition coefficient (Wildman–Crippen LogP) is 0.585. The van der Waals surface area contributed by atoms with Crippen LogP contribution in [0.25, 0.3) is 0 Å². The Kier molecular flexibility index (Phi) is 6.17. The zero-order chi connectivity index (χ0) is 7.98. The van der Waals surface area contributed by atoms with Gasteiger partial charge in [0.1, 0.15) is 0 Å². The van der Waals surface area contributed by atoms with Gasteiger partial charge in [-0.15, -0.1) is 0 Å². The van der Waals surface area contributed by atoms with Crippen molar-refractivity contribution in [1.82, 2.24) is 4.90 Å². The maximum atomic E-state index is 5.37. The van der Waals surface area contributed by atoms with E-state index < -0.39 is 0 Å². The molecule has 0 aromatic rings. The fourth-order valence-electron chi connectivity index (χ4n) is 0.744. The highest BCUT2D eigenvalue weighted by molar-refractivity contribution is 7.80. The van der Waals surface area contributed by atoms with Crippen molar-refractivity contribution in [3.05, 3.63) is 0 Å². The van der Waals surface area contributed by atoms with Crippen LogP contribution in [-0.2, 0) is 0 Å². The minimum Gasteiger partial charge on any atom is -0.330 e. The van der Waals surface area contributed by atoms with Crippen molar-refractivity contribution in [1.29, 1.82) is 0 Å². The molecule has 0 aliphatic heterocycles. The molecule has 3 heteroatoms. The van der Waals surface area contributed by atoms with E-state index in [1.54, 1.807) is 0 Å². The molecule has 2 N–H and O–H groups in total. The normalized spacial score (nSPS) is 14.1. The van der Waals surface area contributed by atoms with Gasteiger partial charge in [0.05, 0.1) is 0 Å². The Balaban J connectivity index is 3.12. The molecule has 0 aliphatic carbocycles. The summed E-state index contributed by atoms with van der Waals surface area (Å²) in [5.41, 5.74) is 5.37. The molecule has 0 spiro atoms. The molecular weight excluding hydrogens is 144 g/mol. The fraction of sp³-hybridized carbons (Fsp3) is 1.00. The van der Waals surface area contributed by atoms with Crippen LogP contribution in [0.4, 0.5) is 0 Å². The minimum atomic E-state index is 0.479. The predicted molar refractivity (Wildman–Crippen MR) is 49.6 cm³/mol. The molecule has 10 heavy (non-hydrogen) atoms. The summed E-state index contributed by atoms with van der Waals surface area (Å²) in [6.45, 7) is 1.86. The van der Waals surface area contributed by atoms with E-state index in [1.165, 1.54) is 0 Å². The molecule has 2 nitrogen and oxygen atoms in total. The number of nitrogens with zero attached hydrogens (tertiary/aromatic N) is 1. The van der Waals surface area contributed by atoms with Crippen molar-refractivity contribution in [2.75, 3.05) is 27.2 Å². The molecular formula is C7H18N2S. The van der Waals surface area contributed by atoms with Gasteiger partial charge in [-0.05, 0) is 40.0 Å². The Hall–Kier alpha value is 0.270. The van der Waals surface area contributed by atoms with Crippen molar-refractivity contribution in [3.8, 4) is 0 Å². The molecule has 0 amide bonds. The lowest BCUT2D eigenvalue weighted by Gasteiger charge is -2.13. The molecule has 0 saturated heterocycles. The largest absolute Gasteiger partial charge is 0.330 e. The van der Waals surface area contributed by atoms with E-state index in [0.29, 0.717) is 5.25 Å². The van der Waals surface area contributed by atoms with Crippen LogP contribution in [0.15, 0.2) is 0 Å². The van der Waals surface area contributed by atoms with E-state index in [1.807, 2.05) is 0 Å². The molecule has 1 unspecified atom stereocenters. The van der Waals surface area contributed by atoms with Gasteiger partial charge in [0.2, 0.25) is 0 Å². The highest BCUT2D eigenvalue weighted by Crippen LogP contribution is 2.04. The van der Waals surface area contributed by atoms with Crippen molar-refractivity contribution in [2.24, 2.45) is 5.73 Å². The van der Waals surface area contributed by atoms with Gasteiger partial charge in [-0.2, -0.15) is 12.6 Å². The maximum Gasteiger partial charge on any atom is 0.00409 e. The molecule has 0 bridgehead atoms. The Morgan fingerprint density at radius 3 is 2.40 bits per heavy atom. The lowest BCUT2D eigenvalue weighted by molar-refractivity contribution is 0.395. The lowest BCUT2D eigenvalue weighted by atomic mass is 10.2. The average Bonchev–Trinajstić information content (AvgIpc) is 1.85. The first-order valence-corrected chi connectivity index (χ1v) is 4.21. The van der Waals surface area contributed by atoms with Gasteiger partial charge in [-0.1, -0.05) is 0 Å². The van der Waals surface area contributed by atoms with E-state index in [2.05, 4.69) is 31.6 Å². The number of hydrogen-bond acceptors (Lipinski definition) is 3. The third-order valence-electron chi connectivity index (χ3n) is 1.41. The van der Waals surface area contributed by atoms with Crippen molar-refractivity contribution in [2.45, 2.75) is 18.1 Å². The summed E-state index contributed by atoms with van der Waals surface area (Å²) < 4.78 is 0. The summed E-state index contributed by atoms with van der Waals surface area (Å²) in [6, 6.07) is 0. The molecule has 0 aromatic heterocycles. The lowest BCUT2D eigenvalue weighted by Crippen LogP contribution is -2.18. The standard InChI is InChI=1S/C7H18N2S/c1-9(2)6-4-7(10)3-5-8/h7,10H,3-6,8H2,1-2H3. The third-order valence-corrected chi connectivity index (χ3v) is 1.93. The molecule has 0 fully saturated rings. The second-order valence-corrected chi connectivity index (χ2v) is 3.55. The number of nitrogens with two attached hydrogens (primary N) is 1. The van der Waals surface area contributed by atoms with Crippen molar-refractivity contribution < 1.29 is 0 Å². The van der Waals surface area contributed by atoms with Crippen LogP contribution in [-0.4, -0.2) is 37.3 Å². The van der Waals surface area contributed by atoms with E-state index in [9.17, 15) is 0 Å². The first-order valence-electron chi connectivity index (χ1n) is 3.69. The van der Waals surface area contributed by atoms with Crippen molar-refractivity contribution >= 4 is 12.6 Å². The summed E-state index contributed by atoms with van der Waals surface area (Å²) in [7, 11) is 4.14. The summed E-state index contributed by atoms with van der Waals surface area (Å²) in [5, 5.41) is 0.479. The molecule has 0 aliphatic rings.